The summed E-state index contributed by atoms with van der Waals surface area (Å²) in [6.45, 7) is 1.63. The van der Waals surface area contributed by atoms with E-state index in [0.717, 1.165) is 24.5 Å². The van der Waals surface area contributed by atoms with E-state index in [1.165, 1.54) is 0 Å². The maximum Gasteiger partial charge on any atom is 0.240 e. The molecule has 0 aromatic rings. The molecule has 104 valence electrons. The number of nitrogens with zero attached hydrogens (tertiary/aromatic N) is 1. The van der Waals surface area contributed by atoms with Gasteiger partial charge in [-0.15, -0.1) is 12.4 Å². The Hall–Kier alpha value is -0.460. The summed E-state index contributed by atoms with van der Waals surface area (Å²) in [7, 11) is 0. The molecule has 2 rings (SSSR count). The van der Waals surface area contributed by atoms with Crippen LogP contribution in [0.4, 0.5) is 0 Å². The number of primary amides is 1. The SMILES string of the molecule is Cl.NC(=O)C1CCCN1C(=O)CC1CSCCN1. The Labute approximate surface area is 118 Å². The summed E-state index contributed by atoms with van der Waals surface area (Å²) in [5.41, 5.74) is 5.31. The van der Waals surface area contributed by atoms with Gasteiger partial charge in [0, 0.05) is 37.1 Å². The highest BCUT2D eigenvalue weighted by atomic mass is 35.5. The van der Waals surface area contributed by atoms with E-state index in [9.17, 15) is 9.59 Å². The average molecular weight is 294 g/mol. The van der Waals surface area contributed by atoms with E-state index in [0.29, 0.717) is 19.4 Å². The number of carbonyl (C=O) groups is 2. The van der Waals surface area contributed by atoms with Gasteiger partial charge >= 0.3 is 0 Å². The number of halogens is 1. The second-order valence-electron chi connectivity index (χ2n) is 4.58. The first-order valence-electron chi connectivity index (χ1n) is 6.08. The van der Waals surface area contributed by atoms with Gasteiger partial charge in [-0.05, 0) is 12.8 Å². The van der Waals surface area contributed by atoms with Crippen LogP contribution in [0.3, 0.4) is 0 Å². The quantitative estimate of drug-likeness (QED) is 0.767. The summed E-state index contributed by atoms with van der Waals surface area (Å²) in [6.07, 6.45) is 2.08. The fourth-order valence-corrected chi connectivity index (χ4v) is 3.39. The van der Waals surface area contributed by atoms with E-state index in [1.54, 1.807) is 4.90 Å². The number of rotatable bonds is 3. The van der Waals surface area contributed by atoms with Crippen molar-refractivity contribution in [3.63, 3.8) is 0 Å². The number of amides is 2. The Morgan fingerprint density at radius 3 is 2.83 bits per heavy atom. The van der Waals surface area contributed by atoms with Crippen LogP contribution in [0, 0.1) is 0 Å². The summed E-state index contributed by atoms with van der Waals surface area (Å²) < 4.78 is 0. The fourth-order valence-electron chi connectivity index (χ4n) is 2.44. The van der Waals surface area contributed by atoms with Gasteiger partial charge in [-0.3, -0.25) is 9.59 Å². The molecule has 0 bridgehead atoms. The van der Waals surface area contributed by atoms with Crippen molar-refractivity contribution >= 4 is 36.0 Å². The molecule has 0 radical (unpaired) electrons. The molecule has 2 amide bonds. The predicted octanol–water partition coefficient (Wildman–Crippen LogP) is -0.0204. The molecule has 0 spiro atoms. The van der Waals surface area contributed by atoms with Crippen LogP contribution in [0.25, 0.3) is 0 Å². The Balaban J connectivity index is 0.00000162. The van der Waals surface area contributed by atoms with Crippen LogP contribution in [-0.2, 0) is 9.59 Å². The van der Waals surface area contributed by atoms with E-state index in [2.05, 4.69) is 5.32 Å². The van der Waals surface area contributed by atoms with Gasteiger partial charge in [-0.1, -0.05) is 0 Å². The minimum absolute atomic E-state index is 0. The van der Waals surface area contributed by atoms with Crippen LogP contribution in [0.1, 0.15) is 19.3 Å². The second-order valence-corrected chi connectivity index (χ2v) is 5.73. The molecule has 2 aliphatic rings. The highest BCUT2D eigenvalue weighted by Crippen LogP contribution is 2.19. The van der Waals surface area contributed by atoms with Crippen molar-refractivity contribution < 1.29 is 9.59 Å². The van der Waals surface area contributed by atoms with E-state index in [-0.39, 0.29) is 36.3 Å². The van der Waals surface area contributed by atoms with Crippen molar-refractivity contribution in [2.75, 3.05) is 24.6 Å². The molecule has 0 aliphatic carbocycles. The largest absolute Gasteiger partial charge is 0.368 e. The van der Waals surface area contributed by atoms with Crippen molar-refractivity contribution in [2.45, 2.75) is 31.3 Å². The van der Waals surface area contributed by atoms with Crippen LogP contribution < -0.4 is 11.1 Å². The second kappa shape index (κ2) is 7.21. The van der Waals surface area contributed by atoms with E-state index in [1.807, 2.05) is 11.8 Å². The molecule has 0 aromatic carbocycles. The zero-order valence-corrected chi connectivity index (χ0v) is 11.9. The highest BCUT2D eigenvalue weighted by molar-refractivity contribution is 7.99. The van der Waals surface area contributed by atoms with Gasteiger partial charge in [0.2, 0.25) is 11.8 Å². The summed E-state index contributed by atoms with van der Waals surface area (Å²) in [5, 5.41) is 3.33. The molecular weight excluding hydrogens is 274 g/mol. The minimum Gasteiger partial charge on any atom is -0.368 e. The summed E-state index contributed by atoms with van der Waals surface area (Å²) in [5.74, 6) is 1.77. The lowest BCUT2D eigenvalue weighted by Gasteiger charge is -2.27. The zero-order chi connectivity index (χ0) is 12.3. The smallest absolute Gasteiger partial charge is 0.240 e. The maximum absolute atomic E-state index is 12.1. The topological polar surface area (TPSA) is 75.4 Å². The number of carbonyl (C=O) groups excluding carboxylic acids is 2. The Bertz CT molecular complexity index is 311. The van der Waals surface area contributed by atoms with Crippen molar-refractivity contribution in [1.29, 1.82) is 0 Å². The number of nitrogens with two attached hydrogens (primary N) is 1. The van der Waals surface area contributed by atoms with Gasteiger partial charge in [-0.25, -0.2) is 0 Å². The van der Waals surface area contributed by atoms with Crippen LogP contribution in [0.5, 0.6) is 0 Å². The molecule has 2 aliphatic heterocycles. The third kappa shape index (κ3) is 3.76. The van der Waals surface area contributed by atoms with Crippen LogP contribution >= 0.6 is 24.2 Å². The summed E-state index contributed by atoms with van der Waals surface area (Å²) in [4.78, 5) is 25.0. The number of thioether (sulfide) groups is 1. The molecule has 7 heteroatoms. The van der Waals surface area contributed by atoms with Crippen LogP contribution in [0.15, 0.2) is 0 Å². The standard InChI is InChI=1S/C11H19N3O2S.ClH/c12-11(16)9-2-1-4-14(9)10(15)6-8-7-17-5-3-13-8;/h8-9,13H,1-7H2,(H2,12,16);1H. The third-order valence-corrected chi connectivity index (χ3v) is 4.45. The molecule has 3 N–H and O–H groups in total. The van der Waals surface area contributed by atoms with Crippen LogP contribution in [-0.4, -0.2) is 53.4 Å². The summed E-state index contributed by atoms with van der Waals surface area (Å²) in [6, 6.07) is -0.130. The lowest BCUT2D eigenvalue weighted by Crippen LogP contribution is -2.47. The maximum atomic E-state index is 12.1. The van der Waals surface area contributed by atoms with Gasteiger partial charge < -0.3 is 16.0 Å². The Morgan fingerprint density at radius 2 is 2.22 bits per heavy atom. The number of hydrogen-bond donors (Lipinski definition) is 2. The van der Waals surface area contributed by atoms with Gasteiger partial charge in [-0.2, -0.15) is 11.8 Å². The lowest BCUT2D eigenvalue weighted by atomic mass is 10.1. The van der Waals surface area contributed by atoms with E-state index in [4.69, 9.17) is 5.73 Å². The molecule has 2 fully saturated rings. The predicted molar refractivity (Wildman–Crippen MR) is 74.9 cm³/mol. The highest BCUT2D eigenvalue weighted by Gasteiger charge is 2.33. The van der Waals surface area contributed by atoms with Crippen LogP contribution in [0.2, 0.25) is 0 Å². The first-order chi connectivity index (χ1) is 8.18. The normalized spacial score (nSPS) is 27.7. The molecule has 2 heterocycles. The zero-order valence-electron chi connectivity index (χ0n) is 10.3. The molecule has 18 heavy (non-hydrogen) atoms. The average Bonchev–Trinajstić information content (AvgIpc) is 2.79. The van der Waals surface area contributed by atoms with Crippen molar-refractivity contribution in [3.8, 4) is 0 Å². The monoisotopic (exact) mass is 293 g/mol. The van der Waals surface area contributed by atoms with Crippen molar-refractivity contribution in [2.24, 2.45) is 5.73 Å². The first-order valence-corrected chi connectivity index (χ1v) is 7.24. The van der Waals surface area contributed by atoms with Gasteiger partial charge in [0.15, 0.2) is 0 Å². The van der Waals surface area contributed by atoms with Gasteiger partial charge in [0.25, 0.3) is 0 Å². The fraction of sp³-hybridized carbons (Fsp3) is 0.818. The summed E-state index contributed by atoms with van der Waals surface area (Å²) >= 11 is 1.87. The minimum atomic E-state index is -0.376. The van der Waals surface area contributed by atoms with E-state index < -0.39 is 0 Å². The lowest BCUT2D eigenvalue weighted by molar-refractivity contribution is -0.137. The Morgan fingerprint density at radius 1 is 1.44 bits per heavy atom. The number of hydrogen-bond acceptors (Lipinski definition) is 4. The van der Waals surface area contributed by atoms with E-state index >= 15 is 0 Å². The molecule has 2 saturated heterocycles. The van der Waals surface area contributed by atoms with Crippen molar-refractivity contribution in [1.82, 2.24) is 10.2 Å². The molecule has 0 saturated carbocycles. The van der Waals surface area contributed by atoms with Gasteiger partial charge in [0.05, 0.1) is 0 Å². The van der Waals surface area contributed by atoms with Crippen molar-refractivity contribution in [3.05, 3.63) is 0 Å². The Kier molecular flexibility index (Phi) is 6.25. The van der Waals surface area contributed by atoms with Gasteiger partial charge in [0.1, 0.15) is 6.04 Å². The first kappa shape index (κ1) is 15.6. The molecule has 5 nitrogen and oxygen atoms in total. The molecular formula is C11H20ClN3O2S. The number of nitrogens with one attached hydrogen (secondary N) is 1. The third-order valence-electron chi connectivity index (χ3n) is 3.32. The molecule has 0 aromatic heterocycles. The number of likely N-dealkylation sites (tertiary alicyclic amines) is 1. The molecule has 2 atom stereocenters. The molecule has 2 unspecified atom stereocenters.